The maximum absolute atomic E-state index is 7.32. The number of rotatable bonds is 0. The Hall–Kier alpha value is -4.56. The van der Waals surface area contributed by atoms with Crippen LogP contribution in [0, 0.1) is 22.7 Å². The van der Waals surface area contributed by atoms with E-state index in [9.17, 15) is 0 Å². The standard InChI is InChI=1S/C24H24O6.2C2H3N/c1-2-8-20-19(7-1)25-13-14-27-21-9-3-4-10-22(21)29-17-18-30-24-12-6-5-11-23(24)28-16-15-26-20;2*1-2-3/h1-12H,13-18H2;2*1H3. The van der Waals surface area contributed by atoms with Crippen LogP contribution in [-0.4, -0.2) is 39.6 Å². The number of fused-ring (bicyclic) bond motifs is 3. The first-order valence-electron chi connectivity index (χ1n) is 11.4. The predicted molar refractivity (Wildman–Crippen MR) is 135 cm³/mol. The second-order valence-corrected chi connectivity index (χ2v) is 6.88. The smallest absolute Gasteiger partial charge is 0.161 e. The lowest BCUT2D eigenvalue weighted by Gasteiger charge is -2.17. The molecule has 188 valence electrons. The van der Waals surface area contributed by atoms with Gasteiger partial charge in [-0.15, -0.1) is 0 Å². The van der Waals surface area contributed by atoms with Gasteiger partial charge in [-0.05, 0) is 36.4 Å². The van der Waals surface area contributed by atoms with Gasteiger partial charge in [0.15, 0.2) is 34.5 Å². The zero-order chi connectivity index (χ0) is 25.8. The molecule has 0 fully saturated rings. The highest BCUT2D eigenvalue weighted by Crippen LogP contribution is 2.29. The lowest BCUT2D eigenvalue weighted by molar-refractivity contribution is 0.171. The van der Waals surface area contributed by atoms with Gasteiger partial charge in [-0.2, -0.15) is 10.5 Å². The Morgan fingerprint density at radius 2 is 0.556 bits per heavy atom. The summed E-state index contributed by atoms with van der Waals surface area (Å²) < 4.78 is 35.1. The van der Waals surface area contributed by atoms with Crippen molar-refractivity contribution in [3.63, 3.8) is 0 Å². The molecule has 1 aliphatic rings. The van der Waals surface area contributed by atoms with Gasteiger partial charge in [-0.3, -0.25) is 0 Å². The number of ether oxygens (including phenoxy) is 6. The van der Waals surface area contributed by atoms with E-state index in [0.717, 1.165) is 0 Å². The molecule has 36 heavy (non-hydrogen) atoms. The van der Waals surface area contributed by atoms with E-state index in [2.05, 4.69) is 0 Å². The molecule has 0 aromatic heterocycles. The molecule has 0 saturated heterocycles. The third kappa shape index (κ3) is 9.74. The van der Waals surface area contributed by atoms with Crippen LogP contribution in [0.15, 0.2) is 72.8 Å². The summed E-state index contributed by atoms with van der Waals surface area (Å²) in [4.78, 5) is 0. The van der Waals surface area contributed by atoms with Crippen molar-refractivity contribution in [2.45, 2.75) is 13.8 Å². The topological polar surface area (TPSA) is 103 Å². The summed E-state index contributed by atoms with van der Waals surface area (Å²) in [6.45, 7) is 5.12. The van der Waals surface area contributed by atoms with Crippen LogP contribution >= 0.6 is 0 Å². The first-order chi connectivity index (χ1) is 17.7. The highest BCUT2D eigenvalue weighted by molar-refractivity contribution is 5.41. The average Bonchev–Trinajstić information content (AvgIpc) is 2.89. The van der Waals surface area contributed by atoms with Gasteiger partial charge in [0.25, 0.3) is 0 Å². The number of para-hydroxylation sites is 6. The second-order valence-electron chi connectivity index (χ2n) is 6.88. The normalized spacial score (nSPS) is 12.8. The van der Waals surface area contributed by atoms with Crippen molar-refractivity contribution >= 4 is 0 Å². The highest BCUT2D eigenvalue weighted by Gasteiger charge is 2.09. The van der Waals surface area contributed by atoms with E-state index in [-0.39, 0.29) is 0 Å². The minimum Gasteiger partial charge on any atom is -0.486 e. The molecule has 3 aromatic rings. The lowest BCUT2D eigenvalue weighted by Crippen LogP contribution is -2.14. The molecule has 0 bridgehead atoms. The van der Waals surface area contributed by atoms with E-state index in [1.165, 1.54) is 13.8 Å². The molecule has 0 unspecified atom stereocenters. The summed E-state index contributed by atoms with van der Waals surface area (Å²) in [7, 11) is 0. The van der Waals surface area contributed by atoms with Crippen LogP contribution in [0.1, 0.15) is 13.8 Å². The van der Waals surface area contributed by atoms with E-state index in [1.807, 2.05) is 72.8 Å². The molecule has 8 heteroatoms. The Bertz CT molecular complexity index is 914. The Morgan fingerprint density at radius 3 is 0.694 bits per heavy atom. The van der Waals surface area contributed by atoms with Crippen LogP contribution in [0.3, 0.4) is 0 Å². The van der Waals surface area contributed by atoms with Crippen molar-refractivity contribution < 1.29 is 28.4 Å². The van der Waals surface area contributed by atoms with Crippen LogP contribution in [0.4, 0.5) is 0 Å². The lowest BCUT2D eigenvalue weighted by atomic mass is 10.3. The average molecular weight is 491 g/mol. The molecule has 0 aliphatic carbocycles. The van der Waals surface area contributed by atoms with E-state index in [4.69, 9.17) is 38.9 Å². The van der Waals surface area contributed by atoms with E-state index < -0.39 is 0 Å². The second kappa shape index (κ2) is 17.0. The molecule has 0 saturated carbocycles. The summed E-state index contributed by atoms with van der Waals surface area (Å²) in [5.41, 5.74) is 0. The Kier molecular flexibility index (Phi) is 13.0. The van der Waals surface area contributed by atoms with E-state index >= 15 is 0 Å². The Morgan fingerprint density at radius 1 is 0.417 bits per heavy atom. The molecule has 0 radical (unpaired) electrons. The molecule has 8 nitrogen and oxygen atoms in total. The molecule has 0 atom stereocenters. The maximum Gasteiger partial charge on any atom is 0.161 e. The fourth-order valence-corrected chi connectivity index (χ4v) is 2.98. The minimum absolute atomic E-state index is 0.377. The molecule has 0 amide bonds. The van der Waals surface area contributed by atoms with Crippen LogP contribution in [0.2, 0.25) is 0 Å². The number of benzene rings is 3. The summed E-state index contributed by atoms with van der Waals surface area (Å²) in [5, 5.41) is 14.6. The van der Waals surface area contributed by atoms with Crippen molar-refractivity contribution in [2.24, 2.45) is 0 Å². The van der Waals surface area contributed by atoms with Crippen LogP contribution in [0.5, 0.6) is 34.5 Å². The van der Waals surface area contributed by atoms with Crippen LogP contribution in [-0.2, 0) is 0 Å². The fraction of sp³-hybridized carbons (Fsp3) is 0.286. The molecule has 1 aliphatic heterocycles. The zero-order valence-corrected chi connectivity index (χ0v) is 20.5. The number of hydrogen-bond donors (Lipinski definition) is 0. The van der Waals surface area contributed by atoms with Gasteiger partial charge in [0, 0.05) is 13.8 Å². The summed E-state index contributed by atoms with van der Waals surface area (Å²) in [6.07, 6.45) is 0. The van der Waals surface area contributed by atoms with E-state index in [1.54, 1.807) is 12.1 Å². The van der Waals surface area contributed by atoms with Crippen molar-refractivity contribution in [1.82, 2.24) is 0 Å². The zero-order valence-electron chi connectivity index (χ0n) is 20.5. The number of hydrogen-bond acceptors (Lipinski definition) is 8. The highest BCUT2D eigenvalue weighted by atomic mass is 16.6. The summed E-state index contributed by atoms with van der Waals surface area (Å²) >= 11 is 0. The van der Waals surface area contributed by atoms with Crippen molar-refractivity contribution in [2.75, 3.05) is 39.6 Å². The van der Waals surface area contributed by atoms with Crippen molar-refractivity contribution in [3.05, 3.63) is 72.8 Å². The fourth-order valence-electron chi connectivity index (χ4n) is 2.98. The molecule has 0 N–H and O–H groups in total. The van der Waals surface area contributed by atoms with Crippen molar-refractivity contribution in [3.8, 4) is 46.6 Å². The maximum atomic E-state index is 7.32. The molecular formula is C28H30N2O6. The third-order valence-electron chi connectivity index (χ3n) is 4.34. The molecule has 1 heterocycles. The monoisotopic (exact) mass is 490 g/mol. The Labute approximate surface area is 212 Å². The first-order valence-corrected chi connectivity index (χ1v) is 11.4. The van der Waals surface area contributed by atoms with Gasteiger partial charge in [0.05, 0.1) is 12.1 Å². The summed E-state index contributed by atoms with van der Waals surface area (Å²) in [6, 6.07) is 26.1. The van der Waals surface area contributed by atoms with Crippen LogP contribution in [0.25, 0.3) is 0 Å². The third-order valence-corrected chi connectivity index (χ3v) is 4.34. The number of nitriles is 2. The quantitative estimate of drug-likeness (QED) is 0.411. The van der Waals surface area contributed by atoms with Gasteiger partial charge in [-0.25, -0.2) is 0 Å². The van der Waals surface area contributed by atoms with Gasteiger partial charge in [0.2, 0.25) is 0 Å². The van der Waals surface area contributed by atoms with Gasteiger partial charge in [-0.1, -0.05) is 36.4 Å². The molecule has 3 aromatic carbocycles. The molecule has 0 spiro atoms. The molecule has 4 rings (SSSR count). The molecular weight excluding hydrogens is 460 g/mol. The summed E-state index contributed by atoms with van der Waals surface area (Å²) in [5.74, 6) is 3.97. The SMILES string of the molecule is CC#N.CC#N.c1ccc2c(c1)OCCOc1ccccc1OCCOc1ccccc1OCCO2. The van der Waals surface area contributed by atoms with Gasteiger partial charge >= 0.3 is 0 Å². The first kappa shape index (κ1) is 27.7. The van der Waals surface area contributed by atoms with Gasteiger partial charge < -0.3 is 28.4 Å². The van der Waals surface area contributed by atoms with E-state index in [0.29, 0.717) is 74.1 Å². The Balaban J connectivity index is 0.000000693. The predicted octanol–water partition coefficient (Wildman–Crippen LogP) is 5.43. The van der Waals surface area contributed by atoms with Gasteiger partial charge in [0.1, 0.15) is 39.6 Å². The van der Waals surface area contributed by atoms with Crippen LogP contribution < -0.4 is 28.4 Å². The minimum atomic E-state index is 0.377. The van der Waals surface area contributed by atoms with Crippen molar-refractivity contribution in [1.29, 1.82) is 10.5 Å². The largest absolute Gasteiger partial charge is 0.486 e. The number of nitrogens with zero attached hydrogens (tertiary/aromatic N) is 2.